The minimum absolute atomic E-state index is 0.00453. The van der Waals surface area contributed by atoms with Crippen LogP contribution in [0.3, 0.4) is 0 Å². The number of hydrogen-bond acceptors (Lipinski definition) is 2. The molecule has 104 valence electrons. The van der Waals surface area contributed by atoms with E-state index >= 15 is 0 Å². The number of carbonyl (C=O) groups is 2. The second-order valence-electron chi connectivity index (χ2n) is 5.21. The molecule has 0 aliphatic rings. The molecule has 0 fully saturated rings. The fourth-order valence-electron chi connectivity index (χ4n) is 1.37. The van der Waals surface area contributed by atoms with E-state index in [-0.39, 0.29) is 17.9 Å². The number of anilines is 1. The monoisotopic (exact) mass is 282 g/mol. The molecule has 0 aromatic heterocycles. The smallest absolute Gasteiger partial charge is 0.239 e. The first-order valence-corrected chi connectivity index (χ1v) is 6.49. The quantitative estimate of drug-likeness (QED) is 0.834. The van der Waals surface area contributed by atoms with Gasteiger partial charge in [0, 0.05) is 16.8 Å². The van der Waals surface area contributed by atoms with Crippen LogP contribution in [0.25, 0.3) is 0 Å². The zero-order valence-electron chi connectivity index (χ0n) is 11.6. The van der Waals surface area contributed by atoms with E-state index in [0.29, 0.717) is 10.7 Å². The average Bonchev–Trinajstić information content (AvgIpc) is 2.31. The van der Waals surface area contributed by atoms with Crippen LogP contribution in [0.1, 0.15) is 27.7 Å². The molecule has 0 aliphatic carbocycles. The second kappa shape index (κ2) is 6.06. The van der Waals surface area contributed by atoms with Crippen molar-refractivity contribution >= 4 is 29.1 Å². The molecule has 1 aromatic rings. The van der Waals surface area contributed by atoms with E-state index in [4.69, 9.17) is 11.6 Å². The van der Waals surface area contributed by atoms with E-state index in [2.05, 4.69) is 10.6 Å². The second-order valence-corrected chi connectivity index (χ2v) is 5.65. The van der Waals surface area contributed by atoms with Crippen molar-refractivity contribution in [2.45, 2.75) is 33.7 Å². The standard InChI is InChI=1S/C14H19ClN2O2/c1-9(2)16-12(18)14(3,4)13(19)17-11-7-5-10(15)6-8-11/h5-9H,1-4H3,(H,16,18)(H,17,19). The number of halogens is 1. The first-order chi connectivity index (χ1) is 8.73. The lowest BCUT2D eigenvalue weighted by Crippen LogP contribution is -2.47. The van der Waals surface area contributed by atoms with Crippen molar-refractivity contribution < 1.29 is 9.59 Å². The third-order valence-electron chi connectivity index (χ3n) is 2.66. The van der Waals surface area contributed by atoms with Crippen molar-refractivity contribution in [3.63, 3.8) is 0 Å². The number of amides is 2. The molecule has 0 radical (unpaired) electrons. The Morgan fingerprint density at radius 2 is 1.63 bits per heavy atom. The number of hydrogen-bond donors (Lipinski definition) is 2. The molecule has 0 bridgehead atoms. The Morgan fingerprint density at radius 3 is 2.11 bits per heavy atom. The summed E-state index contributed by atoms with van der Waals surface area (Å²) < 4.78 is 0. The maximum Gasteiger partial charge on any atom is 0.239 e. The molecule has 1 rings (SSSR count). The first kappa shape index (κ1) is 15.5. The molecule has 1 aromatic carbocycles. The summed E-state index contributed by atoms with van der Waals surface area (Å²) in [5.41, 5.74) is -0.524. The lowest BCUT2D eigenvalue weighted by molar-refractivity contribution is -0.138. The average molecular weight is 283 g/mol. The molecule has 19 heavy (non-hydrogen) atoms. The molecule has 0 heterocycles. The van der Waals surface area contributed by atoms with Crippen molar-refractivity contribution in [1.29, 1.82) is 0 Å². The summed E-state index contributed by atoms with van der Waals surface area (Å²) in [5.74, 6) is -0.651. The summed E-state index contributed by atoms with van der Waals surface area (Å²) in [6.07, 6.45) is 0. The first-order valence-electron chi connectivity index (χ1n) is 6.11. The summed E-state index contributed by atoms with van der Waals surface area (Å²) >= 11 is 5.77. The Balaban J connectivity index is 2.75. The molecule has 0 unspecified atom stereocenters. The molecule has 4 nitrogen and oxygen atoms in total. The van der Waals surface area contributed by atoms with E-state index in [9.17, 15) is 9.59 Å². The van der Waals surface area contributed by atoms with Gasteiger partial charge in [-0.2, -0.15) is 0 Å². The van der Waals surface area contributed by atoms with E-state index < -0.39 is 5.41 Å². The predicted octanol–water partition coefficient (Wildman–Crippen LogP) is 2.83. The van der Waals surface area contributed by atoms with Crippen LogP contribution in [0.2, 0.25) is 5.02 Å². The Morgan fingerprint density at radius 1 is 1.11 bits per heavy atom. The van der Waals surface area contributed by atoms with Crippen LogP contribution < -0.4 is 10.6 Å². The summed E-state index contributed by atoms with van der Waals surface area (Å²) in [7, 11) is 0. The van der Waals surface area contributed by atoms with Crippen LogP contribution in [0.5, 0.6) is 0 Å². The largest absolute Gasteiger partial charge is 0.353 e. The fraction of sp³-hybridized carbons (Fsp3) is 0.429. The van der Waals surface area contributed by atoms with E-state index in [1.807, 2.05) is 13.8 Å². The van der Waals surface area contributed by atoms with E-state index in [0.717, 1.165) is 0 Å². The van der Waals surface area contributed by atoms with Crippen LogP contribution >= 0.6 is 11.6 Å². The molecule has 0 saturated heterocycles. The van der Waals surface area contributed by atoms with Crippen molar-refractivity contribution in [3.05, 3.63) is 29.3 Å². The van der Waals surface area contributed by atoms with Crippen molar-refractivity contribution in [3.8, 4) is 0 Å². The molecule has 2 N–H and O–H groups in total. The number of nitrogens with one attached hydrogen (secondary N) is 2. The minimum atomic E-state index is -1.14. The van der Waals surface area contributed by atoms with Gasteiger partial charge in [-0.25, -0.2) is 0 Å². The Hall–Kier alpha value is -1.55. The van der Waals surface area contributed by atoms with Gasteiger partial charge in [0.15, 0.2) is 0 Å². The Bertz CT molecular complexity index is 467. The predicted molar refractivity (Wildman–Crippen MR) is 77.1 cm³/mol. The van der Waals surface area contributed by atoms with Crippen LogP contribution in [0, 0.1) is 5.41 Å². The topological polar surface area (TPSA) is 58.2 Å². The molecule has 0 aliphatic heterocycles. The SMILES string of the molecule is CC(C)NC(=O)C(C)(C)C(=O)Nc1ccc(Cl)cc1. The van der Waals surface area contributed by atoms with Crippen LogP contribution in [0.15, 0.2) is 24.3 Å². The van der Waals surface area contributed by atoms with Crippen LogP contribution in [-0.4, -0.2) is 17.9 Å². The molecule has 5 heteroatoms. The summed E-state index contributed by atoms with van der Waals surface area (Å²) in [6.45, 7) is 6.89. The van der Waals surface area contributed by atoms with Gasteiger partial charge in [-0.3, -0.25) is 9.59 Å². The maximum atomic E-state index is 12.1. The van der Waals surface area contributed by atoms with Gasteiger partial charge in [0.1, 0.15) is 5.41 Å². The van der Waals surface area contributed by atoms with E-state index in [1.165, 1.54) is 0 Å². The maximum absolute atomic E-state index is 12.1. The summed E-state index contributed by atoms with van der Waals surface area (Å²) in [4.78, 5) is 24.1. The fourth-order valence-corrected chi connectivity index (χ4v) is 1.49. The molecule has 0 atom stereocenters. The zero-order valence-corrected chi connectivity index (χ0v) is 12.3. The lowest BCUT2D eigenvalue weighted by Gasteiger charge is -2.24. The highest BCUT2D eigenvalue weighted by atomic mass is 35.5. The van der Waals surface area contributed by atoms with Crippen molar-refractivity contribution in [2.75, 3.05) is 5.32 Å². The normalized spacial score (nSPS) is 11.3. The number of carbonyl (C=O) groups excluding carboxylic acids is 2. The van der Waals surface area contributed by atoms with Crippen LogP contribution in [0.4, 0.5) is 5.69 Å². The number of rotatable bonds is 4. The van der Waals surface area contributed by atoms with Gasteiger partial charge < -0.3 is 10.6 Å². The van der Waals surface area contributed by atoms with Crippen molar-refractivity contribution in [2.24, 2.45) is 5.41 Å². The highest BCUT2D eigenvalue weighted by Gasteiger charge is 2.36. The number of benzene rings is 1. The third kappa shape index (κ3) is 4.24. The minimum Gasteiger partial charge on any atom is -0.353 e. The Kier molecular flexibility index (Phi) is 4.95. The van der Waals surface area contributed by atoms with E-state index in [1.54, 1.807) is 38.1 Å². The molecular weight excluding hydrogens is 264 g/mol. The molecule has 0 spiro atoms. The lowest BCUT2D eigenvalue weighted by atomic mass is 9.90. The Labute approximate surface area is 118 Å². The van der Waals surface area contributed by atoms with Gasteiger partial charge in [-0.05, 0) is 52.0 Å². The zero-order chi connectivity index (χ0) is 14.6. The van der Waals surface area contributed by atoms with Gasteiger partial charge >= 0.3 is 0 Å². The van der Waals surface area contributed by atoms with Crippen molar-refractivity contribution in [1.82, 2.24) is 5.32 Å². The molecule has 0 saturated carbocycles. The molecular formula is C14H19ClN2O2. The third-order valence-corrected chi connectivity index (χ3v) is 2.91. The summed E-state index contributed by atoms with van der Waals surface area (Å²) in [6, 6.07) is 6.74. The van der Waals surface area contributed by atoms with Gasteiger partial charge in [0.05, 0.1) is 0 Å². The van der Waals surface area contributed by atoms with Gasteiger partial charge in [0.2, 0.25) is 11.8 Å². The van der Waals surface area contributed by atoms with Gasteiger partial charge in [-0.15, -0.1) is 0 Å². The van der Waals surface area contributed by atoms with Gasteiger partial charge in [-0.1, -0.05) is 11.6 Å². The van der Waals surface area contributed by atoms with Crippen LogP contribution in [-0.2, 0) is 9.59 Å². The highest BCUT2D eigenvalue weighted by Crippen LogP contribution is 2.20. The van der Waals surface area contributed by atoms with Gasteiger partial charge in [0.25, 0.3) is 0 Å². The summed E-state index contributed by atoms with van der Waals surface area (Å²) in [5, 5.41) is 6.04. The highest BCUT2D eigenvalue weighted by molar-refractivity contribution is 6.30. The molecule has 2 amide bonds.